The number of hydrogen-bond donors (Lipinski definition) is 1. The summed E-state index contributed by atoms with van der Waals surface area (Å²) >= 11 is 0. The second-order valence-electron chi connectivity index (χ2n) is 3.23. The Morgan fingerprint density at radius 2 is 2.00 bits per heavy atom. The maximum Gasteiger partial charge on any atom is 0.309 e. The van der Waals surface area contributed by atoms with Crippen molar-refractivity contribution in [2.45, 2.75) is 32.6 Å². The molecule has 0 bridgehead atoms. The van der Waals surface area contributed by atoms with E-state index in [0.717, 1.165) is 25.7 Å². The van der Waals surface area contributed by atoms with Crippen molar-refractivity contribution < 1.29 is 9.90 Å². The van der Waals surface area contributed by atoms with Crippen LogP contribution in [-0.2, 0) is 4.79 Å². The summed E-state index contributed by atoms with van der Waals surface area (Å²) in [5.74, 6) is -0.638. The van der Waals surface area contributed by atoms with E-state index >= 15 is 0 Å². The highest BCUT2D eigenvalue weighted by Gasteiger charge is 2.34. The fourth-order valence-corrected chi connectivity index (χ4v) is 1.32. The third-order valence-electron chi connectivity index (χ3n) is 2.32. The third-order valence-corrected chi connectivity index (χ3v) is 2.32. The topological polar surface area (TPSA) is 37.3 Å². The molecule has 1 fully saturated rings. The van der Waals surface area contributed by atoms with Crippen LogP contribution in [0.3, 0.4) is 0 Å². The molecule has 1 aliphatic rings. The molecule has 0 spiro atoms. The van der Waals surface area contributed by atoms with Crippen molar-refractivity contribution in [3.63, 3.8) is 0 Å². The summed E-state index contributed by atoms with van der Waals surface area (Å²) in [7, 11) is 0. The molecule has 0 atom stereocenters. The van der Waals surface area contributed by atoms with E-state index < -0.39 is 11.4 Å². The van der Waals surface area contributed by atoms with E-state index in [1.807, 2.05) is 6.92 Å². The lowest BCUT2D eigenvalue weighted by atomic mass is 9.76. The quantitative estimate of drug-likeness (QED) is 0.605. The van der Waals surface area contributed by atoms with Crippen LogP contribution in [0.2, 0.25) is 0 Å². The number of rotatable bonds is 1. The number of carboxylic acid groups (broad SMARTS) is 1. The molecule has 2 heteroatoms. The Bertz CT molecular complexity index is 134. The number of aliphatic carboxylic acids is 1. The van der Waals surface area contributed by atoms with Crippen LogP contribution in [0.25, 0.3) is 0 Å². The minimum Gasteiger partial charge on any atom is -0.481 e. The number of hydrogen-bond acceptors (Lipinski definition) is 1. The molecule has 0 aromatic carbocycles. The van der Waals surface area contributed by atoms with Crippen molar-refractivity contribution in [2.75, 3.05) is 0 Å². The molecule has 1 radical (unpaired) electrons. The van der Waals surface area contributed by atoms with Gasteiger partial charge < -0.3 is 5.11 Å². The molecule has 0 aromatic heterocycles. The lowest BCUT2D eigenvalue weighted by Crippen LogP contribution is -2.29. The average Bonchev–Trinajstić information content (AvgIpc) is 1.89. The molecule has 1 saturated carbocycles. The molecule has 0 aliphatic heterocycles. The molecule has 1 rings (SSSR count). The van der Waals surface area contributed by atoms with Crippen molar-refractivity contribution in [2.24, 2.45) is 5.41 Å². The second kappa shape index (κ2) is 2.60. The van der Waals surface area contributed by atoms with Gasteiger partial charge in [-0.2, -0.15) is 0 Å². The number of carbonyl (C=O) groups is 1. The van der Waals surface area contributed by atoms with Gasteiger partial charge in [-0.05, 0) is 39.0 Å². The molecule has 10 heavy (non-hydrogen) atoms. The van der Waals surface area contributed by atoms with Crippen molar-refractivity contribution >= 4 is 5.97 Å². The first-order valence-electron chi connectivity index (χ1n) is 3.70. The maximum absolute atomic E-state index is 10.7. The molecule has 0 amide bonds. The van der Waals surface area contributed by atoms with E-state index in [1.165, 1.54) is 0 Å². The monoisotopic (exact) mass is 141 g/mol. The van der Waals surface area contributed by atoms with Gasteiger partial charge in [0.25, 0.3) is 0 Å². The van der Waals surface area contributed by atoms with E-state index in [2.05, 4.69) is 6.42 Å². The Morgan fingerprint density at radius 3 is 2.30 bits per heavy atom. The Kier molecular flexibility index (Phi) is 1.97. The summed E-state index contributed by atoms with van der Waals surface area (Å²) in [6.07, 6.45) is 5.71. The highest BCUT2D eigenvalue weighted by atomic mass is 16.4. The molecule has 0 aromatic rings. The molecular formula is C8H13O2. The van der Waals surface area contributed by atoms with Gasteiger partial charge in [0.15, 0.2) is 0 Å². The SMILES string of the molecule is CC1(C(=O)O)CC[CH]CC1. The minimum atomic E-state index is -0.638. The summed E-state index contributed by atoms with van der Waals surface area (Å²) in [5, 5.41) is 8.78. The molecule has 0 unspecified atom stereocenters. The van der Waals surface area contributed by atoms with Crippen LogP contribution >= 0.6 is 0 Å². The van der Waals surface area contributed by atoms with Crippen molar-refractivity contribution in [1.82, 2.24) is 0 Å². The Morgan fingerprint density at radius 1 is 1.50 bits per heavy atom. The molecule has 2 nitrogen and oxygen atoms in total. The molecule has 1 N–H and O–H groups in total. The number of carboxylic acids is 1. The zero-order chi connectivity index (χ0) is 7.61. The third kappa shape index (κ3) is 1.31. The van der Waals surface area contributed by atoms with Crippen molar-refractivity contribution in [3.05, 3.63) is 6.42 Å². The van der Waals surface area contributed by atoms with Crippen LogP contribution in [0.5, 0.6) is 0 Å². The van der Waals surface area contributed by atoms with Crippen LogP contribution < -0.4 is 0 Å². The van der Waals surface area contributed by atoms with Crippen LogP contribution in [0.4, 0.5) is 0 Å². The maximum atomic E-state index is 10.7. The van der Waals surface area contributed by atoms with Crippen LogP contribution in [0.1, 0.15) is 32.6 Å². The molecule has 0 saturated heterocycles. The van der Waals surface area contributed by atoms with E-state index in [-0.39, 0.29) is 0 Å². The predicted molar refractivity (Wildman–Crippen MR) is 38.5 cm³/mol. The highest BCUT2D eigenvalue weighted by Crippen LogP contribution is 2.35. The van der Waals surface area contributed by atoms with Crippen molar-refractivity contribution in [3.8, 4) is 0 Å². The van der Waals surface area contributed by atoms with E-state index in [4.69, 9.17) is 5.11 Å². The van der Waals surface area contributed by atoms with Gasteiger partial charge in [0.1, 0.15) is 0 Å². The molecule has 0 heterocycles. The normalized spacial score (nSPS) is 24.1. The van der Waals surface area contributed by atoms with Gasteiger partial charge in [0.05, 0.1) is 5.41 Å². The Labute approximate surface area is 61.2 Å². The summed E-state index contributed by atoms with van der Waals surface area (Å²) in [4.78, 5) is 10.7. The van der Waals surface area contributed by atoms with Gasteiger partial charge in [0, 0.05) is 0 Å². The van der Waals surface area contributed by atoms with E-state index in [9.17, 15) is 4.79 Å². The van der Waals surface area contributed by atoms with Crippen molar-refractivity contribution in [1.29, 1.82) is 0 Å². The summed E-state index contributed by atoms with van der Waals surface area (Å²) in [6, 6.07) is 0. The zero-order valence-corrected chi connectivity index (χ0v) is 6.26. The summed E-state index contributed by atoms with van der Waals surface area (Å²) in [6.45, 7) is 1.84. The van der Waals surface area contributed by atoms with E-state index in [0.29, 0.717) is 0 Å². The molecule has 1 aliphatic carbocycles. The summed E-state index contributed by atoms with van der Waals surface area (Å²) < 4.78 is 0. The van der Waals surface area contributed by atoms with Crippen LogP contribution in [0, 0.1) is 11.8 Å². The highest BCUT2D eigenvalue weighted by molar-refractivity contribution is 5.74. The second-order valence-corrected chi connectivity index (χ2v) is 3.23. The Balaban J connectivity index is 2.56. The largest absolute Gasteiger partial charge is 0.481 e. The Hall–Kier alpha value is -0.530. The van der Waals surface area contributed by atoms with Gasteiger partial charge in [-0.15, -0.1) is 0 Å². The van der Waals surface area contributed by atoms with Gasteiger partial charge in [-0.3, -0.25) is 4.79 Å². The lowest BCUT2D eigenvalue weighted by molar-refractivity contribution is -0.149. The summed E-state index contributed by atoms with van der Waals surface area (Å²) in [5.41, 5.74) is -0.436. The van der Waals surface area contributed by atoms with Gasteiger partial charge in [-0.1, -0.05) is 0 Å². The van der Waals surface area contributed by atoms with Gasteiger partial charge in [-0.25, -0.2) is 0 Å². The van der Waals surface area contributed by atoms with Crippen LogP contribution in [-0.4, -0.2) is 11.1 Å². The zero-order valence-electron chi connectivity index (χ0n) is 6.26. The first kappa shape index (κ1) is 7.58. The first-order chi connectivity index (χ1) is 4.65. The van der Waals surface area contributed by atoms with E-state index in [1.54, 1.807) is 0 Å². The molecule has 57 valence electrons. The molecular weight excluding hydrogens is 128 g/mol. The van der Waals surface area contributed by atoms with Crippen LogP contribution in [0.15, 0.2) is 0 Å². The smallest absolute Gasteiger partial charge is 0.309 e. The fourth-order valence-electron chi connectivity index (χ4n) is 1.32. The average molecular weight is 141 g/mol. The minimum absolute atomic E-state index is 0.436. The van der Waals surface area contributed by atoms with Gasteiger partial charge >= 0.3 is 5.97 Å². The predicted octanol–water partition coefficient (Wildman–Crippen LogP) is 1.86. The lowest BCUT2D eigenvalue weighted by Gasteiger charge is -2.28. The standard InChI is InChI=1S/C8H13O2/c1-8(7(9)10)5-3-2-4-6-8/h2H,3-6H2,1H3,(H,9,10). The fraction of sp³-hybridized carbons (Fsp3) is 0.750. The van der Waals surface area contributed by atoms with Gasteiger partial charge in [0.2, 0.25) is 0 Å². The first-order valence-corrected chi connectivity index (χ1v) is 3.70.